The molecule has 3 aromatic carbocycles. The molecule has 0 amide bonds. The number of methoxy groups -OCH3 is 1. The third kappa shape index (κ3) is 9.27. The first-order chi connectivity index (χ1) is 24.3. The smallest absolute Gasteiger partial charge is 0.225 e. The average molecular weight is 776 g/mol. The van der Waals surface area contributed by atoms with Crippen LogP contribution in [-0.4, -0.2) is 58.9 Å². The molecule has 50 heavy (non-hydrogen) atoms. The number of hydrogen-bond donors (Lipinski definition) is 1. The van der Waals surface area contributed by atoms with E-state index in [1.807, 2.05) is 60.0 Å². The van der Waals surface area contributed by atoms with Crippen LogP contribution in [0.3, 0.4) is 0 Å². The van der Waals surface area contributed by atoms with Gasteiger partial charge in [-0.2, -0.15) is 8.42 Å². The predicted octanol–water partition coefficient (Wildman–Crippen LogP) is 7.50. The number of anilines is 2. The van der Waals surface area contributed by atoms with Crippen molar-refractivity contribution in [3.63, 3.8) is 0 Å². The van der Waals surface area contributed by atoms with Crippen LogP contribution in [-0.2, 0) is 29.7 Å². The topological polar surface area (TPSA) is 119 Å². The van der Waals surface area contributed by atoms with Crippen LogP contribution in [0, 0.1) is 5.82 Å². The van der Waals surface area contributed by atoms with Gasteiger partial charge in [0.2, 0.25) is 10.3 Å². The molecule has 0 fully saturated rings. The zero-order valence-electron chi connectivity index (χ0n) is 26.9. The lowest BCUT2D eigenvalue weighted by Gasteiger charge is -2.15. The van der Waals surface area contributed by atoms with Crippen LogP contribution < -0.4 is 14.8 Å². The highest BCUT2D eigenvalue weighted by molar-refractivity contribution is 9.10. The Hall–Kier alpha value is -4.76. The molecule has 0 aliphatic heterocycles. The minimum absolute atomic E-state index is 0.232. The lowest BCUT2D eigenvalue weighted by Crippen LogP contribution is -2.26. The number of aryl methyl sites for hydroxylation is 1. The third-order valence-corrected chi connectivity index (χ3v) is 9.71. The van der Waals surface area contributed by atoms with Gasteiger partial charge in [-0.1, -0.05) is 18.2 Å². The summed E-state index contributed by atoms with van der Waals surface area (Å²) in [6.07, 6.45) is 5.29. The number of nitrogens with zero attached hydrogens (tertiary/aromatic N) is 5. The first kappa shape index (κ1) is 35.1. The van der Waals surface area contributed by atoms with Crippen molar-refractivity contribution in [1.29, 1.82) is 0 Å². The number of ether oxygens (including phenoxy) is 2. The number of fused-ring (bicyclic) bond motifs is 1. The van der Waals surface area contributed by atoms with Gasteiger partial charge in [-0.25, -0.2) is 19.3 Å². The summed E-state index contributed by atoms with van der Waals surface area (Å²) in [5, 5.41) is 7.10. The van der Waals surface area contributed by atoms with Crippen LogP contribution in [0.4, 0.5) is 15.9 Å². The third-order valence-electron chi connectivity index (χ3n) is 7.71. The molecule has 256 valence electrons. The van der Waals surface area contributed by atoms with Crippen molar-refractivity contribution >= 4 is 65.5 Å². The maximum atomic E-state index is 13.6. The zero-order valence-corrected chi connectivity index (χ0v) is 30.1. The van der Waals surface area contributed by atoms with E-state index in [9.17, 15) is 12.8 Å². The van der Waals surface area contributed by atoms with Gasteiger partial charge in [0.15, 0.2) is 0 Å². The number of hydrogen-bond acceptors (Lipinski definition) is 10. The highest BCUT2D eigenvalue weighted by Gasteiger charge is 2.16. The van der Waals surface area contributed by atoms with E-state index in [4.69, 9.17) is 14.5 Å². The highest BCUT2D eigenvalue weighted by Crippen LogP contribution is 2.37. The molecular weight excluding hydrogens is 743 g/mol. The van der Waals surface area contributed by atoms with E-state index in [1.54, 1.807) is 35.6 Å². The maximum Gasteiger partial charge on any atom is 0.225 e. The van der Waals surface area contributed by atoms with Crippen LogP contribution in [0.5, 0.6) is 11.5 Å². The largest absolute Gasteiger partial charge is 0.496 e. The molecule has 0 radical (unpaired) electrons. The number of nitrogens with one attached hydrogen (secondary N) is 1. The van der Waals surface area contributed by atoms with Crippen molar-refractivity contribution in [2.24, 2.45) is 0 Å². The summed E-state index contributed by atoms with van der Waals surface area (Å²) in [4.78, 5) is 20.0. The summed E-state index contributed by atoms with van der Waals surface area (Å²) >= 11 is 5.13. The number of aromatic nitrogens is 4. The quantitative estimate of drug-likeness (QED) is 0.105. The van der Waals surface area contributed by atoms with Crippen LogP contribution in [0.15, 0.2) is 95.2 Å². The second-order valence-corrected chi connectivity index (χ2v) is 13.7. The lowest BCUT2D eigenvalue weighted by atomic mass is 10.1. The summed E-state index contributed by atoms with van der Waals surface area (Å²) in [6, 6.07) is 21.5. The van der Waals surface area contributed by atoms with Crippen molar-refractivity contribution in [3.05, 3.63) is 117 Å². The van der Waals surface area contributed by atoms with Gasteiger partial charge in [0.25, 0.3) is 0 Å². The van der Waals surface area contributed by atoms with Crippen molar-refractivity contribution in [1.82, 2.24) is 24.8 Å². The van der Waals surface area contributed by atoms with Crippen LogP contribution in [0.1, 0.15) is 22.7 Å². The van der Waals surface area contributed by atoms with E-state index in [-0.39, 0.29) is 12.4 Å². The van der Waals surface area contributed by atoms with Crippen LogP contribution >= 0.6 is 27.3 Å². The number of benzene rings is 3. The first-order valence-electron chi connectivity index (χ1n) is 15.6. The Labute approximate surface area is 302 Å². The molecule has 0 unspecified atom stereocenters. The summed E-state index contributed by atoms with van der Waals surface area (Å²) < 4.78 is 48.8. The molecule has 14 heteroatoms. The second kappa shape index (κ2) is 16.8. The van der Waals surface area contributed by atoms with Crippen molar-refractivity contribution < 1.29 is 22.3 Å². The Balaban J connectivity index is 1.15. The molecule has 10 nitrogen and oxygen atoms in total. The van der Waals surface area contributed by atoms with Gasteiger partial charge < -0.3 is 14.8 Å². The van der Waals surface area contributed by atoms with Crippen molar-refractivity contribution in [3.8, 4) is 22.8 Å². The molecule has 6 aromatic rings. The van der Waals surface area contributed by atoms with Gasteiger partial charge in [0.05, 0.1) is 27.8 Å². The van der Waals surface area contributed by atoms with E-state index < -0.39 is 10.3 Å². The molecule has 0 aliphatic carbocycles. The molecule has 0 saturated heterocycles. The molecule has 0 saturated carbocycles. The highest BCUT2D eigenvalue weighted by atomic mass is 79.9. The normalized spacial score (nSPS) is 11.1. The summed E-state index contributed by atoms with van der Waals surface area (Å²) in [5.41, 5.74) is 5.92. The Morgan fingerprint density at radius 1 is 0.980 bits per heavy atom. The van der Waals surface area contributed by atoms with E-state index in [0.29, 0.717) is 48.8 Å². The second-order valence-electron chi connectivity index (χ2n) is 11.2. The van der Waals surface area contributed by atoms with Gasteiger partial charge in [0.1, 0.15) is 41.6 Å². The van der Waals surface area contributed by atoms with Crippen molar-refractivity contribution in [2.75, 3.05) is 25.5 Å². The Kier molecular flexibility index (Phi) is 11.8. The fourth-order valence-electron chi connectivity index (χ4n) is 5.30. The number of pyridine rings is 1. The SMILES string of the molecule is COc1cc2ncnc(Nc3ccc(OCc4cccc(F)c4)c(Br)c3)c2cc1-c1csc(CCCN(C=S(=O)=O)CCc2ccccn2)n1. The zero-order chi connectivity index (χ0) is 34.9. The number of thiazole rings is 1. The van der Waals surface area contributed by atoms with E-state index >= 15 is 0 Å². The van der Waals surface area contributed by atoms with Crippen LogP contribution in [0.25, 0.3) is 22.2 Å². The standard InChI is InChI=1S/C36H32BrFN6O4S2/c1-47-34-19-31-29(36(41-22-40-31)42-27-10-11-33(30(37)17-27)48-20-24-6-4-7-25(38)16-24)18-28(34)32-21-49-35(43-32)9-5-14-44(23-50(45)46)15-12-26-8-2-3-13-39-26/h2-4,6-8,10-11,13,16-19,21-23H,5,9,12,14-15,20H2,1H3,(H,40,41,42). The van der Waals surface area contributed by atoms with E-state index in [2.05, 4.69) is 36.2 Å². The van der Waals surface area contributed by atoms with E-state index in [1.165, 1.54) is 24.0 Å². The Morgan fingerprint density at radius 2 is 1.88 bits per heavy atom. The fraction of sp³-hybridized carbons (Fsp3) is 0.194. The Bertz CT molecular complexity index is 2230. The summed E-state index contributed by atoms with van der Waals surface area (Å²) in [6.45, 7) is 1.35. The maximum absolute atomic E-state index is 13.6. The molecule has 3 heterocycles. The number of rotatable bonds is 15. The first-order valence-corrected chi connectivity index (χ1v) is 18.4. The number of halogens is 2. The van der Waals surface area contributed by atoms with Crippen LogP contribution in [0.2, 0.25) is 0 Å². The Morgan fingerprint density at radius 3 is 2.66 bits per heavy atom. The minimum Gasteiger partial charge on any atom is -0.496 e. The van der Waals surface area contributed by atoms with Gasteiger partial charge in [-0.15, -0.1) is 11.3 Å². The molecule has 0 aliphatic rings. The van der Waals surface area contributed by atoms with Gasteiger partial charge >= 0.3 is 0 Å². The molecule has 6 rings (SSSR count). The molecule has 0 atom stereocenters. The molecule has 1 N–H and O–H groups in total. The minimum atomic E-state index is -2.29. The van der Waals surface area contributed by atoms with E-state index in [0.717, 1.165) is 49.5 Å². The molecule has 0 bridgehead atoms. The van der Waals surface area contributed by atoms with Crippen molar-refractivity contribution in [2.45, 2.75) is 25.9 Å². The summed E-state index contributed by atoms with van der Waals surface area (Å²) in [7, 11) is -0.679. The molecule has 3 aromatic heterocycles. The van der Waals surface area contributed by atoms with Gasteiger partial charge in [-0.3, -0.25) is 9.88 Å². The fourth-order valence-corrected chi connectivity index (χ4v) is 7.09. The average Bonchev–Trinajstić information content (AvgIpc) is 3.59. The molecular formula is C36H32BrFN6O4S2. The monoisotopic (exact) mass is 774 g/mol. The predicted molar refractivity (Wildman–Crippen MR) is 198 cm³/mol. The lowest BCUT2D eigenvalue weighted by molar-refractivity contribution is 0.303. The summed E-state index contributed by atoms with van der Waals surface area (Å²) in [5.74, 6) is 1.55. The van der Waals surface area contributed by atoms with Gasteiger partial charge in [-0.05, 0) is 76.4 Å². The molecule has 0 spiro atoms. The van der Waals surface area contributed by atoms with Gasteiger partial charge in [0, 0.05) is 65.9 Å².